The first-order chi connectivity index (χ1) is 7.63. The molecule has 90 valence electrons. The van der Waals surface area contributed by atoms with Crippen molar-refractivity contribution in [3.63, 3.8) is 0 Å². The van der Waals surface area contributed by atoms with Crippen LogP contribution < -0.4 is 5.73 Å². The van der Waals surface area contributed by atoms with Gasteiger partial charge in [0, 0.05) is 17.6 Å². The number of rotatable bonds is 6. The van der Waals surface area contributed by atoms with Crippen molar-refractivity contribution in [2.45, 2.75) is 19.1 Å². The Bertz CT molecular complexity index is 320. The maximum atomic E-state index is 9.63. The summed E-state index contributed by atoms with van der Waals surface area (Å²) in [4.78, 5) is 2.10. The van der Waals surface area contributed by atoms with Gasteiger partial charge in [0.05, 0.1) is 6.10 Å². The first-order valence-electron chi connectivity index (χ1n) is 5.43. The highest BCUT2D eigenvalue weighted by Gasteiger charge is 2.08. The van der Waals surface area contributed by atoms with E-state index >= 15 is 0 Å². The van der Waals surface area contributed by atoms with E-state index in [1.807, 2.05) is 25.2 Å². The number of nitrogens with zero attached hydrogens (tertiary/aromatic N) is 1. The number of aliphatic hydroxyl groups excluding tert-OH is 1. The lowest BCUT2D eigenvalue weighted by molar-refractivity contribution is 0.117. The van der Waals surface area contributed by atoms with E-state index in [-0.39, 0.29) is 6.10 Å². The van der Waals surface area contributed by atoms with Crippen LogP contribution in [0.25, 0.3) is 0 Å². The van der Waals surface area contributed by atoms with Crippen molar-refractivity contribution in [2.75, 3.05) is 20.1 Å². The van der Waals surface area contributed by atoms with Crippen molar-refractivity contribution in [1.82, 2.24) is 4.90 Å². The maximum absolute atomic E-state index is 9.63. The summed E-state index contributed by atoms with van der Waals surface area (Å²) in [6, 6.07) is 8.12. The smallest absolute Gasteiger partial charge is 0.0679 e. The topological polar surface area (TPSA) is 49.5 Å². The normalized spacial score (nSPS) is 13.1. The summed E-state index contributed by atoms with van der Waals surface area (Å²) in [6.45, 7) is 2.01. The molecular weight excluding hydrogens is 268 g/mol. The molecule has 0 heterocycles. The van der Waals surface area contributed by atoms with Gasteiger partial charge in [0.25, 0.3) is 0 Å². The predicted octanol–water partition coefficient (Wildman–Crippen LogP) is 1.59. The molecule has 0 saturated heterocycles. The zero-order valence-electron chi connectivity index (χ0n) is 9.56. The Hall–Kier alpha value is -0.420. The first-order valence-corrected chi connectivity index (χ1v) is 6.23. The molecule has 0 aliphatic carbocycles. The van der Waals surface area contributed by atoms with E-state index in [1.54, 1.807) is 0 Å². The van der Waals surface area contributed by atoms with Gasteiger partial charge >= 0.3 is 0 Å². The van der Waals surface area contributed by atoms with Gasteiger partial charge in [-0.3, -0.25) is 4.90 Å². The van der Waals surface area contributed by atoms with Crippen LogP contribution >= 0.6 is 15.9 Å². The molecule has 3 N–H and O–H groups in total. The summed E-state index contributed by atoms with van der Waals surface area (Å²) in [5.74, 6) is 0. The van der Waals surface area contributed by atoms with Gasteiger partial charge in [0.15, 0.2) is 0 Å². The molecule has 0 amide bonds. The lowest BCUT2D eigenvalue weighted by Crippen LogP contribution is -2.30. The van der Waals surface area contributed by atoms with Gasteiger partial charge in [0.2, 0.25) is 0 Å². The van der Waals surface area contributed by atoms with Crippen LogP contribution in [0.4, 0.5) is 0 Å². The molecular formula is C12H19BrN2O. The van der Waals surface area contributed by atoms with Gasteiger partial charge in [0.1, 0.15) is 0 Å². The third-order valence-corrected chi connectivity index (χ3v) is 3.19. The molecule has 0 bridgehead atoms. The zero-order chi connectivity index (χ0) is 12.0. The number of likely N-dealkylation sites (N-methyl/N-ethyl adjacent to an activating group) is 1. The van der Waals surface area contributed by atoms with Crippen molar-refractivity contribution >= 4 is 15.9 Å². The van der Waals surface area contributed by atoms with Crippen molar-refractivity contribution in [2.24, 2.45) is 5.73 Å². The number of halogens is 1. The molecule has 0 spiro atoms. The van der Waals surface area contributed by atoms with E-state index in [0.717, 1.165) is 11.0 Å². The largest absolute Gasteiger partial charge is 0.392 e. The Morgan fingerprint density at radius 3 is 2.75 bits per heavy atom. The second kappa shape index (κ2) is 7.01. The second-order valence-corrected chi connectivity index (χ2v) is 4.87. The maximum Gasteiger partial charge on any atom is 0.0679 e. The summed E-state index contributed by atoms with van der Waals surface area (Å²) in [5.41, 5.74) is 6.62. The van der Waals surface area contributed by atoms with E-state index in [1.165, 1.54) is 5.56 Å². The average Bonchev–Trinajstić information content (AvgIpc) is 2.21. The Labute approximate surface area is 105 Å². The van der Waals surface area contributed by atoms with Gasteiger partial charge in [-0.05, 0) is 31.6 Å². The minimum atomic E-state index is -0.336. The summed E-state index contributed by atoms with van der Waals surface area (Å²) in [7, 11) is 2.00. The van der Waals surface area contributed by atoms with E-state index in [0.29, 0.717) is 19.5 Å². The fourth-order valence-electron chi connectivity index (χ4n) is 1.63. The number of hydrogen-bond donors (Lipinski definition) is 2. The van der Waals surface area contributed by atoms with Gasteiger partial charge < -0.3 is 10.8 Å². The molecule has 0 fully saturated rings. The van der Waals surface area contributed by atoms with Gasteiger partial charge in [-0.25, -0.2) is 0 Å². The summed E-state index contributed by atoms with van der Waals surface area (Å²) in [5, 5.41) is 9.63. The standard InChI is InChI=1S/C12H19BrN2O/c1-15(9-11(16)6-7-14)8-10-4-2-3-5-12(10)13/h2-5,11,16H,6-9,14H2,1H3. The SMILES string of the molecule is CN(Cc1ccccc1Br)CC(O)CCN. The van der Waals surface area contributed by atoms with E-state index in [9.17, 15) is 5.11 Å². The van der Waals surface area contributed by atoms with Crippen molar-refractivity contribution in [3.05, 3.63) is 34.3 Å². The minimum absolute atomic E-state index is 0.336. The fourth-order valence-corrected chi connectivity index (χ4v) is 2.04. The molecule has 1 aromatic carbocycles. The van der Waals surface area contributed by atoms with Crippen LogP contribution in [-0.4, -0.2) is 36.2 Å². The Morgan fingerprint density at radius 2 is 2.12 bits per heavy atom. The van der Waals surface area contributed by atoms with Crippen LogP contribution in [0.3, 0.4) is 0 Å². The highest BCUT2D eigenvalue weighted by Crippen LogP contribution is 2.17. The molecule has 3 nitrogen and oxygen atoms in total. The molecule has 1 atom stereocenters. The quantitative estimate of drug-likeness (QED) is 0.835. The third-order valence-electron chi connectivity index (χ3n) is 2.42. The molecule has 1 aromatic rings. The average molecular weight is 287 g/mol. The van der Waals surface area contributed by atoms with E-state index < -0.39 is 0 Å². The highest BCUT2D eigenvalue weighted by molar-refractivity contribution is 9.10. The van der Waals surface area contributed by atoms with Crippen LogP contribution in [0.15, 0.2) is 28.7 Å². The Balaban J connectivity index is 2.45. The van der Waals surface area contributed by atoms with Crippen molar-refractivity contribution in [3.8, 4) is 0 Å². The molecule has 4 heteroatoms. The van der Waals surface area contributed by atoms with Crippen LogP contribution in [0.2, 0.25) is 0 Å². The molecule has 0 radical (unpaired) electrons. The van der Waals surface area contributed by atoms with Gasteiger partial charge in [-0.15, -0.1) is 0 Å². The highest BCUT2D eigenvalue weighted by atomic mass is 79.9. The molecule has 0 aliphatic rings. The fraction of sp³-hybridized carbons (Fsp3) is 0.500. The van der Waals surface area contributed by atoms with Gasteiger partial charge in [-0.2, -0.15) is 0 Å². The summed E-state index contributed by atoms with van der Waals surface area (Å²) in [6.07, 6.45) is 0.317. The second-order valence-electron chi connectivity index (χ2n) is 4.02. The lowest BCUT2D eigenvalue weighted by Gasteiger charge is -2.20. The lowest BCUT2D eigenvalue weighted by atomic mass is 10.2. The van der Waals surface area contributed by atoms with Crippen molar-refractivity contribution < 1.29 is 5.11 Å². The van der Waals surface area contributed by atoms with Gasteiger partial charge in [-0.1, -0.05) is 34.1 Å². The molecule has 0 aliphatic heterocycles. The Kier molecular flexibility index (Phi) is 5.98. The molecule has 16 heavy (non-hydrogen) atoms. The zero-order valence-corrected chi connectivity index (χ0v) is 11.2. The van der Waals surface area contributed by atoms with Crippen LogP contribution in [0.5, 0.6) is 0 Å². The number of benzene rings is 1. The predicted molar refractivity (Wildman–Crippen MR) is 70.2 cm³/mol. The van der Waals surface area contributed by atoms with Crippen LogP contribution in [0.1, 0.15) is 12.0 Å². The van der Waals surface area contributed by atoms with Crippen LogP contribution in [-0.2, 0) is 6.54 Å². The van der Waals surface area contributed by atoms with E-state index in [2.05, 4.69) is 26.9 Å². The number of hydrogen-bond acceptors (Lipinski definition) is 3. The Morgan fingerprint density at radius 1 is 1.44 bits per heavy atom. The molecule has 0 aromatic heterocycles. The number of nitrogens with two attached hydrogens (primary N) is 1. The monoisotopic (exact) mass is 286 g/mol. The van der Waals surface area contributed by atoms with Crippen molar-refractivity contribution in [1.29, 1.82) is 0 Å². The summed E-state index contributed by atoms with van der Waals surface area (Å²) >= 11 is 3.51. The van der Waals surface area contributed by atoms with E-state index in [4.69, 9.17) is 5.73 Å². The third kappa shape index (κ3) is 4.61. The molecule has 1 unspecified atom stereocenters. The first kappa shape index (κ1) is 13.6. The minimum Gasteiger partial charge on any atom is -0.392 e. The summed E-state index contributed by atoms with van der Waals surface area (Å²) < 4.78 is 1.11. The number of aliphatic hydroxyl groups is 1. The molecule has 0 saturated carbocycles. The van der Waals surface area contributed by atoms with Crippen LogP contribution in [0, 0.1) is 0 Å². The molecule has 1 rings (SSSR count).